The normalized spacial score (nSPS) is 11.5. The lowest BCUT2D eigenvalue weighted by molar-refractivity contribution is -0.141. The number of amides is 1. The van der Waals surface area contributed by atoms with Crippen molar-refractivity contribution >= 4 is 28.4 Å². The second-order valence-electron chi connectivity index (χ2n) is 6.31. The molecule has 9 heteroatoms. The van der Waals surface area contributed by atoms with Gasteiger partial charge in [-0.3, -0.25) is 4.79 Å². The molecule has 0 saturated carbocycles. The first-order chi connectivity index (χ1) is 13.8. The first kappa shape index (κ1) is 20.9. The predicted molar refractivity (Wildman–Crippen MR) is 105 cm³/mol. The minimum Gasteiger partial charge on any atom is -0.497 e. The van der Waals surface area contributed by atoms with Crippen molar-refractivity contribution in [3.05, 3.63) is 59.9 Å². The Kier molecular flexibility index (Phi) is 6.26. The molecule has 0 unspecified atom stereocenters. The second-order valence-corrected chi connectivity index (χ2v) is 7.25. The van der Waals surface area contributed by atoms with E-state index in [9.17, 15) is 18.0 Å². The van der Waals surface area contributed by atoms with Crippen LogP contribution in [0.5, 0.6) is 5.75 Å². The van der Waals surface area contributed by atoms with Gasteiger partial charge in [0.1, 0.15) is 11.4 Å². The molecule has 152 valence electrons. The van der Waals surface area contributed by atoms with Crippen molar-refractivity contribution in [1.29, 1.82) is 0 Å². The Bertz CT molecular complexity index is 1030. The van der Waals surface area contributed by atoms with Crippen molar-refractivity contribution < 1.29 is 22.7 Å². The van der Waals surface area contributed by atoms with Crippen molar-refractivity contribution in [1.82, 2.24) is 14.9 Å². The van der Waals surface area contributed by atoms with E-state index in [4.69, 9.17) is 4.74 Å². The van der Waals surface area contributed by atoms with E-state index in [-0.39, 0.29) is 16.8 Å². The van der Waals surface area contributed by atoms with Gasteiger partial charge in [0.2, 0.25) is 5.91 Å². The van der Waals surface area contributed by atoms with E-state index in [2.05, 4.69) is 9.97 Å². The Labute approximate surface area is 169 Å². The number of thioether (sulfide) groups is 1. The molecular weight excluding hydrogens is 403 g/mol. The molecule has 1 aromatic heterocycles. The number of rotatable bonds is 6. The van der Waals surface area contributed by atoms with Gasteiger partial charge in [0.15, 0.2) is 5.16 Å². The molecule has 0 aliphatic carbocycles. The van der Waals surface area contributed by atoms with E-state index in [1.807, 2.05) is 36.4 Å². The molecule has 0 aliphatic heterocycles. The Morgan fingerprint density at radius 1 is 1.14 bits per heavy atom. The maximum atomic E-state index is 12.7. The third kappa shape index (κ3) is 5.38. The zero-order valence-electron chi connectivity index (χ0n) is 15.7. The summed E-state index contributed by atoms with van der Waals surface area (Å²) in [6.45, 7) is 0.380. The van der Waals surface area contributed by atoms with Crippen LogP contribution >= 0.6 is 11.8 Å². The lowest BCUT2D eigenvalue weighted by atomic mass is 10.1. The van der Waals surface area contributed by atoms with E-state index in [1.54, 1.807) is 14.2 Å². The third-order valence-electron chi connectivity index (χ3n) is 4.21. The Morgan fingerprint density at radius 2 is 1.86 bits per heavy atom. The van der Waals surface area contributed by atoms with Crippen LogP contribution in [0.4, 0.5) is 13.2 Å². The van der Waals surface area contributed by atoms with E-state index >= 15 is 0 Å². The molecule has 1 amide bonds. The molecule has 0 N–H and O–H groups in total. The van der Waals surface area contributed by atoms with Gasteiger partial charge >= 0.3 is 6.18 Å². The van der Waals surface area contributed by atoms with E-state index in [1.165, 1.54) is 4.90 Å². The zero-order chi connectivity index (χ0) is 21.0. The number of alkyl halides is 3. The number of hydrogen-bond donors (Lipinski definition) is 0. The molecule has 0 bridgehead atoms. The summed E-state index contributed by atoms with van der Waals surface area (Å²) in [6, 6.07) is 12.4. The summed E-state index contributed by atoms with van der Waals surface area (Å²) in [7, 11) is 3.26. The molecule has 3 rings (SSSR count). The highest BCUT2D eigenvalue weighted by molar-refractivity contribution is 7.99. The smallest absolute Gasteiger partial charge is 0.433 e. The van der Waals surface area contributed by atoms with Crippen LogP contribution in [0.15, 0.2) is 53.8 Å². The first-order valence-electron chi connectivity index (χ1n) is 8.60. The number of aromatic nitrogens is 2. The summed E-state index contributed by atoms with van der Waals surface area (Å²) < 4.78 is 43.3. The largest absolute Gasteiger partial charge is 0.497 e. The number of carbonyl (C=O) groups is 1. The minimum absolute atomic E-state index is 0.0530. The van der Waals surface area contributed by atoms with Crippen LogP contribution in [0, 0.1) is 0 Å². The quantitative estimate of drug-likeness (QED) is 0.436. The third-order valence-corrected chi connectivity index (χ3v) is 5.05. The summed E-state index contributed by atoms with van der Waals surface area (Å²) in [5, 5.41) is 1.97. The number of benzene rings is 2. The maximum absolute atomic E-state index is 12.7. The number of fused-ring (bicyclic) bond motifs is 1. The number of carbonyl (C=O) groups excluding carboxylic acids is 1. The molecule has 5 nitrogen and oxygen atoms in total. The topological polar surface area (TPSA) is 55.3 Å². The van der Waals surface area contributed by atoms with Crippen molar-refractivity contribution in [2.24, 2.45) is 0 Å². The predicted octanol–water partition coefficient (Wildman–Crippen LogP) is 4.41. The first-order valence-corrected chi connectivity index (χ1v) is 9.58. The van der Waals surface area contributed by atoms with E-state index in [0.717, 1.165) is 46.1 Å². The molecule has 0 radical (unpaired) electrons. The van der Waals surface area contributed by atoms with Gasteiger partial charge in [-0.05, 0) is 40.6 Å². The monoisotopic (exact) mass is 421 g/mol. The maximum Gasteiger partial charge on any atom is 0.433 e. The molecule has 0 saturated heterocycles. The fraction of sp³-hybridized carbons (Fsp3) is 0.250. The highest BCUT2D eigenvalue weighted by Crippen LogP contribution is 2.28. The number of halogens is 3. The average molecular weight is 421 g/mol. The highest BCUT2D eigenvalue weighted by Gasteiger charge is 2.32. The Balaban J connectivity index is 1.61. The molecule has 29 heavy (non-hydrogen) atoms. The number of methoxy groups -OCH3 is 1. The fourth-order valence-electron chi connectivity index (χ4n) is 2.67. The SMILES string of the molecule is COc1ccc2cc(CN(C)C(=O)CSc3nccc(C(F)(F)F)n3)ccc2c1. The number of nitrogens with zero attached hydrogens (tertiary/aromatic N) is 3. The van der Waals surface area contributed by atoms with Gasteiger partial charge in [0.25, 0.3) is 0 Å². The zero-order valence-corrected chi connectivity index (χ0v) is 16.5. The summed E-state index contributed by atoms with van der Waals surface area (Å²) >= 11 is 0.877. The molecule has 0 aliphatic rings. The summed E-state index contributed by atoms with van der Waals surface area (Å²) in [4.78, 5) is 21.1. The number of hydrogen-bond acceptors (Lipinski definition) is 5. The highest BCUT2D eigenvalue weighted by atomic mass is 32.2. The molecule has 1 heterocycles. The number of ether oxygens (including phenoxy) is 1. The van der Waals surface area contributed by atoms with Crippen molar-refractivity contribution in [3.63, 3.8) is 0 Å². The van der Waals surface area contributed by atoms with E-state index in [0.29, 0.717) is 6.54 Å². The fourth-order valence-corrected chi connectivity index (χ4v) is 3.44. The lowest BCUT2D eigenvalue weighted by Crippen LogP contribution is -2.27. The summed E-state index contributed by atoms with van der Waals surface area (Å²) in [6.07, 6.45) is -3.50. The molecule has 0 atom stereocenters. The molecule has 3 aromatic rings. The van der Waals surface area contributed by atoms with E-state index < -0.39 is 11.9 Å². The Hall–Kier alpha value is -2.81. The van der Waals surface area contributed by atoms with Gasteiger partial charge in [-0.2, -0.15) is 13.2 Å². The van der Waals surface area contributed by atoms with Crippen LogP contribution in [0.3, 0.4) is 0 Å². The lowest BCUT2D eigenvalue weighted by Gasteiger charge is -2.17. The van der Waals surface area contributed by atoms with Gasteiger partial charge in [-0.25, -0.2) is 9.97 Å². The second kappa shape index (κ2) is 8.69. The summed E-state index contributed by atoms with van der Waals surface area (Å²) in [5.74, 6) is 0.486. The van der Waals surface area contributed by atoms with Gasteiger partial charge < -0.3 is 9.64 Å². The minimum atomic E-state index is -4.54. The average Bonchev–Trinajstić information content (AvgIpc) is 2.71. The Morgan fingerprint density at radius 3 is 2.59 bits per heavy atom. The van der Waals surface area contributed by atoms with Crippen LogP contribution in [-0.2, 0) is 17.5 Å². The molecule has 0 fully saturated rings. The van der Waals surface area contributed by atoms with Crippen LogP contribution in [-0.4, -0.2) is 40.7 Å². The van der Waals surface area contributed by atoms with Crippen LogP contribution in [0.25, 0.3) is 10.8 Å². The van der Waals surface area contributed by atoms with Crippen LogP contribution in [0.1, 0.15) is 11.3 Å². The molecule has 0 spiro atoms. The standard InChI is InChI=1S/C20H18F3N3O2S/c1-26(11-13-3-4-15-10-16(28-2)6-5-14(15)9-13)18(27)12-29-19-24-8-7-17(25-19)20(21,22)23/h3-10H,11-12H2,1-2H3. The van der Waals surface area contributed by atoms with Crippen LogP contribution < -0.4 is 4.74 Å². The van der Waals surface area contributed by atoms with Gasteiger partial charge in [-0.1, -0.05) is 30.0 Å². The van der Waals surface area contributed by atoms with Crippen molar-refractivity contribution in [2.45, 2.75) is 17.9 Å². The van der Waals surface area contributed by atoms with Crippen molar-refractivity contribution in [2.75, 3.05) is 19.9 Å². The van der Waals surface area contributed by atoms with Crippen LogP contribution in [0.2, 0.25) is 0 Å². The molecule has 2 aromatic carbocycles. The van der Waals surface area contributed by atoms with Gasteiger partial charge in [-0.15, -0.1) is 0 Å². The van der Waals surface area contributed by atoms with Crippen molar-refractivity contribution in [3.8, 4) is 5.75 Å². The molecular formula is C20H18F3N3O2S. The van der Waals surface area contributed by atoms with Gasteiger partial charge in [0.05, 0.1) is 12.9 Å². The van der Waals surface area contributed by atoms with Gasteiger partial charge in [0, 0.05) is 19.8 Å². The summed E-state index contributed by atoms with van der Waals surface area (Å²) in [5.41, 5.74) is -0.0811.